The first-order valence-electron chi connectivity index (χ1n) is 6.84. The maximum absolute atomic E-state index is 11.9. The molecular weight excluding hydrogens is 258 g/mol. The monoisotopic (exact) mass is 281 g/mol. The first kappa shape index (κ1) is 16.3. The molecule has 0 aliphatic heterocycles. The Hall–Kier alpha value is -1.75. The Labute approximate surface area is 120 Å². The van der Waals surface area contributed by atoms with Crippen LogP contribution in [0.1, 0.15) is 19.4 Å². The number of amides is 1. The molecule has 0 spiro atoms. The van der Waals surface area contributed by atoms with E-state index < -0.39 is 0 Å². The molecule has 1 aromatic rings. The van der Waals surface area contributed by atoms with Crippen LogP contribution in [0.2, 0.25) is 0 Å². The number of hydrogen-bond donors (Lipinski definition) is 1. The van der Waals surface area contributed by atoms with Gasteiger partial charge in [-0.3, -0.25) is 4.79 Å². The molecule has 0 unspecified atom stereocenters. The third kappa shape index (κ3) is 4.42. The summed E-state index contributed by atoms with van der Waals surface area (Å²) in [6.07, 6.45) is 0.565. The summed E-state index contributed by atoms with van der Waals surface area (Å²) in [5.74, 6) is 1.06. The molecule has 1 aromatic carbocycles. The Balaban J connectivity index is 2.70. The summed E-state index contributed by atoms with van der Waals surface area (Å²) >= 11 is 0. The van der Waals surface area contributed by atoms with E-state index in [0.717, 1.165) is 5.56 Å². The average Bonchev–Trinajstić information content (AvgIpc) is 2.47. The van der Waals surface area contributed by atoms with E-state index in [4.69, 9.17) is 14.6 Å². The smallest absolute Gasteiger partial charge is 0.260 e. The van der Waals surface area contributed by atoms with Crippen molar-refractivity contribution in [3.05, 3.63) is 23.8 Å². The lowest BCUT2D eigenvalue weighted by atomic mass is 10.1. The van der Waals surface area contributed by atoms with Crippen molar-refractivity contribution in [1.29, 1.82) is 0 Å². The van der Waals surface area contributed by atoms with Crippen LogP contribution in [0.4, 0.5) is 0 Å². The van der Waals surface area contributed by atoms with Gasteiger partial charge in [-0.2, -0.15) is 0 Å². The first-order valence-corrected chi connectivity index (χ1v) is 6.84. The normalized spacial score (nSPS) is 10.2. The fourth-order valence-corrected chi connectivity index (χ4v) is 1.92. The quantitative estimate of drug-likeness (QED) is 0.784. The third-order valence-electron chi connectivity index (χ3n) is 3.10. The molecule has 0 bridgehead atoms. The highest BCUT2D eigenvalue weighted by Gasteiger charge is 2.12. The zero-order valence-electron chi connectivity index (χ0n) is 12.4. The molecule has 0 fully saturated rings. The summed E-state index contributed by atoms with van der Waals surface area (Å²) in [5.41, 5.74) is 0.965. The van der Waals surface area contributed by atoms with Crippen molar-refractivity contribution in [2.75, 3.05) is 33.4 Å². The van der Waals surface area contributed by atoms with Gasteiger partial charge in [-0.1, -0.05) is 6.07 Å². The molecule has 0 heterocycles. The number of likely N-dealkylation sites (N-methyl/N-ethyl adjacent to an activating group) is 1. The van der Waals surface area contributed by atoms with Gasteiger partial charge in [0, 0.05) is 19.7 Å². The molecular formula is C15H23NO4. The van der Waals surface area contributed by atoms with Crippen molar-refractivity contribution in [3.8, 4) is 11.5 Å². The number of benzene rings is 1. The van der Waals surface area contributed by atoms with E-state index in [1.165, 1.54) is 0 Å². The maximum atomic E-state index is 11.9. The molecule has 1 rings (SSSR count). The van der Waals surface area contributed by atoms with Gasteiger partial charge in [0.25, 0.3) is 5.91 Å². The van der Waals surface area contributed by atoms with Crippen LogP contribution < -0.4 is 9.47 Å². The topological polar surface area (TPSA) is 59.0 Å². The molecule has 0 aliphatic carbocycles. The van der Waals surface area contributed by atoms with Crippen molar-refractivity contribution in [1.82, 2.24) is 4.90 Å². The summed E-state index contributed by atoms with van der Waals surface area (Å²) in [7, 11) is 1.55. The molecule has 1 N–H and O–H groups in total. The van der Waals surface area contributed by atoms with Crippen molar-refractivity contribution >= 4 is 5.91 Å². The van der Waals surface area contributed by atoms with Crippen LogP contribution in [-0.4, -0.2) is 49.3 Å². The van der Waals surface area contributed by atoms with E-state index >= 15 is 0 Å². The Morgan fingerprint density at radius 2 is 1.95 bits per heavy atom. The number of nitrogens with zero attached hydrogens (tertiary/aromatic N) is 1. The molecule has 1 amide bonds. The lowest BCUT2D eigenvalue weighted by Crippen LogP contribution is -2.34. The number of hydrogen-bond acceptors (Lipinski definition) is 4. The van der Waals surface area contributed by atoms with Gasteiger partial charge < -0.3 is 19.5 Å². The minimum atomic E-state index is -0.0449. The molecule has 0 atom stereocenters. The van der Waals surface area contributed by atoms with Gasteiger partial charge in [0.2, 0.25) is 0 Å². The van der Waals surface area contributed by atoms with E-state index in [0.29, 0.717) is 31.0 Å². The molecule has 0 saturated carbocycles. The Kier molecular flexibility index (Phi) is 6.87. The minimum Gasteiger partial charge on any atom is -0.493 e. The van der Waals surface area contributed by atoms with E-state index in [1.54, 1.807) is 18.1 Å². The molecule has 0 aliphatic rings. The zero-order valence-corrected chi connectivity index (χ0v) is 12.4. The third-order valence-corrected chi connectivity index (χ3v) is 3.10. The fraction of sp³-hybridized carbons (Fsp3) is 0.533. The van der Waals surface area contributed by atoms with Crippen molar-refractivity contribution in [2.24, 2.45) is 0 Å². The summed E-state index contributed by atoms with van der Waals surface area (Å²) in [6.45, 7) is 5.30. The molecule has 0 aromatic heterocycles. The largest absolute Gasteiger partial charge is 0.493 e. The van der Waals surface area contributed by atoms with Crippen LogP contribution in [-0.2, 0) is 11.2 Å². The summed E-state index contributed by atoms with van der Waals surface area (Å²) in [4.78, 5) is 13.6. The van der Waals surface area contributed by atoms with Crippen LogP contribution in [0.5, 0.6) is 11.5 Å². The lowest BCUT2D eigenvalue weighted by molar-refractivity contribution is -0.132. The Morgan fingerprint density at radius 1 is 1.25 bits per heavy atom. The standard InChI is InChI=1S/C15H23NO4/c1-4-16(5-2)15(18)11-20-13-7-6-12(8-9-17)10-14(13)19-3/h6-7,10,17H,4-5,8-9,11H2,1-3H3. The van der Waals surface area contributed by atoms with Gasteiger partial charge in [-0.25, -0.2) is 0 Å². The van der Waals surface area contributed by atoms with Crippen LogP contribution in [0.25, 0.3) is 0 Å². The van der Waals surface area contributed by atoms with Crippen LogP contribution in [0.15, 0.2) is 18.2 Å². The van der Waals surface area contributed by atoms with Crippen molar-refractivity contribution in [2.45, 2.75) is 20.3 Å². The van der Waals surface area contributed by atoms with Crippen LogP contribution >= 0.6 is 0 Å². The second-order valence-corrected chi connectivity index (χ2v) is 4.31. The van der Waals surface area contributed by atoms with E-state index in [1.807, 2.05) is 26.0 Å². The summed E-state index contributed by atoms with van der Waals surface area (Å²) in [5, 5.41) is 8.92. The second kappa shape index (κ2) is 8.43. The number of methoxy groups -OCH3 is 1. The van der Waals surface area contributed by atoms with Crippen molar-refractivity contribution in [3.63, 3.8) is 0 Å². The Bertz CT molecular complexity index is 430. The highest BCUT2D eigenvalue weighted by atomic mass is 16.5. The number of carbonyl (C=O) groups is 1. The minimum absolute atomic E-state index is 0.00259. The Morgan fingerprint density at radius 3 is 2.50 bits per heavy atom. The number of ether oxygens (including phenoxy) is 2. The van der Waals surface area contributed by atoms with E-state index in [9.17, 15) is 4.79 Å². The highest BCUT2D eigenvalue weighted by Crippen LogP contribution is 2.28. The van der Waals surface area contributed by atoms with Gasteiger partial charge in [0.1, 0.15) is 0 Å². The second-order valence-electron chi connectivity index (χ2n) is 4.31. The van der Waals surface area contributed by atoms with Gasteiger partial charge in [0.15, 0.2) is 18.1 Å². The number of aliphatic hydroxyl groups is 1. The van der Waals surface area contributed by atoms with E-state index in [-0.39, 0.29) is 19.1 Å². The fourth-order valence-electron chi connectivity index (χ4n) is 1.92. The number of rotatable bonds is 8. The molecule has 5 heteroatoms. The molecule has 0 radical (unpaired) electrons. The van der Waals surface area contributed by atoms with E-state index in [2.05, 4.69) is 0 Å². The maximum Gasteiger partial charge on any atom is 0.260 e. The molecule has 0 saturated heterocycles. The summed E-state index contributed by atoms with van der Waals surface area (Å²) < 4.78 is 10.8. The van der Waals surface area contributed by atoms with Crippen LogP contribution in [0.3, 0.4) is 0 Å². The van der Waals surface area contributed by atoms with Crippen LogP contribution in [0, 0.1) is 0 Å². The molecule has 5 nitrogen and oxygen atoms in total. The summed E-state index contributed by atoms with van der Waals surface area (Å²) in [6, 6.07) is 5.43. The predicted octanol–water partition coefficient (Wildman–Crippen LogP) is 1.48. The number of aliphatic hydroxyl groups excluding tert-OH is 1. The first-order chi connectivity index (χ1) is 9.65. The zero-order chi connectivity index (χ0) is 15.0. The predicted molar refractivity (Wildman–Crippen MR) is 77.2 cm³/mol. The average molecular weight is 281 g/mol. The highest BCUT2D eigenvalue weighted by molar-refractivity contribution is 5.77. The van der Waals surface area contributed by atoms with Crippen molar-refractivity contribution < 1.29 is 19.4 Å². The van der Waals surface area contributed by atoms with Gasteiger partial charge in [-0.05, 0) is 38.0 Å². The number of carbonyl (C=O) groups excluding carboxylic acids is 1. The van der Waals surface area contributed by atoms with Gasteiger partial charge in [0.05, 0.1) is 7.11 Å². The SMILES string of the molecule is CCN(CC)C(=O)COc1ccc(CCO)cc1OC. The van der Waals surface area contributed by atoms with Gasteiger partial charge in [-0.15, -0.1) is 0 Å². The molecule has 20 heavy (non-hydrogen) atoms. The van der Waals surface area contributed by atoms with Gasteiger partial charge >= 0.3 is 0 Å². The lowest BCUT2D eigenvalue weighted by Gasteiger charge is -2.19. The molecule has 112 valence electrons.